The monoisotopic (exact) mass is 270 g/mol. The van der Waals surface area contributed by atoms with E-state index in [0.29, 0.717) is 5.75 Å². The van der Waals surface area contributed by atoms with Crippen LogP contribution in [0.3, 0.4) is 0 Å². The molecule has 0 fully saturated rings. The Labute approximate surface area is 115 Å². The Morgan fingerprint density at radius 1 is 1.21 bits per heavy atom. The zero-order valence-corrected chi connectivity index (χ0v) is 11.3. The Morgan fingerprint density at radius 3 is 2.84 bits per heavy atom. The molecule has 96 valence electrons. The highest BCUT2D eigenvalue weighted by atomic mass is 32.1. The number of nitrogens with one attached hydrogen (secondary N) is 1. The molecule has 0 saturated carbocycles. The van der Waals surface area contributed by atoms with Crippen molar-refractivity contribution < 1.29 is 5.11 Å². The van der Waals surface area contributed by atoms with Crippen molar-refractivity contribution >= 4 is 27.2 Å². The van der Waals surface area contributed by atoms with Gasteiger partial charge in [-0.2, -0.15) is 0 Å². The van der Waals surface area contributed by atoms with Gasteiger partial charge in [0.2, 0.25) is 0 Å². The van der Waals surface area contributed by atoms with Crippen molar-refractivity contribution in [2.24, 2.45) is 0 Å². The molecule has 0 aliphatic rings. The number of hydrogen-bond donors (Lipinski definition) is 2. The second-order valence-electron chi connectivity index (χ2n) is 4.43. The summed E-state index contributed by atoms with van der Waals surface area (Å²) in [4.78, 5) is 4.20. The molecule has 1 heterocycles. The van der Waals surface area contributed by atoms with Crippen LogP contribution in [0.5, 0.6) is 5.75 Å². The van der Waals surface area contributed by atoms with Crippen LogP contribution in [0.25, 0.3) is 10.8 Å². The lowest BCUT2D eigenvalue weighted by Crippen LogP contribution is -2.06. The van der Waals surface area contributed by atoms with Crippen molar-refractivity contribution in [3.05, 3.63) is 53.5 Å². The molecule has 0 bridgehead atoms. The van der Waals surface area contributed by atoms with Crippen LogP contribution >= 0.6 is 11.3 Å². The summed E-state index contributed by atoms with van der Waals surface area (Å²) < 4.78 is 0. The fourth-order valence-electron chi connectivity index (χ4n) is 2.18. The molecule has 0 spiro atoms. The fraction of sp³-hybridized carbons (Fsp3) is 0.133. The molecule has 19 heavy (non-hydrogen) atoms. The number of hydrogen-bond acceptors (Lipinski definition) is 4. The third-order valence-electron chi connectivity index (χ3n) is 3.17. The van der Waals surface area contributed by atoms with Crippen LogP contribution < -0.4 is 5.32 Å². The molecule has 0 radical (unpaired) electrons. The molecule has 1 atom stereocenters. The summed E-state index contributed by atoms with van der Waals surface area (Å²) in [7, 11) is 0. The van der Waals surface area contributed by atoms with Gasteiger partial charge in [-0.3, -0.25) is 0 Å². The number of aromatic hydroxyl groups is 1. The Hall–Kier alpha value is -2.07. The third kappa shape index (κ3) is 2.27. The zero-order valence-electron chi connectivity index (χ0n) is 10.5. The second-order valence-corrected chi connectivity index (χ2v) is 5.32. The minimum Gasteiger partial charge on any atom is -0.507 e. The van der Waals surface area contributed by atoms with Crippen molar-refractivity contribution in [2.75, 3.05) is 5.32 Å². The van der Waals surface area contributed by atoms with Crippen molar-refractivity contribution in [2.45, 2.75) is 13.0 Å². The topological polar surface area (TPSA) is 45.2 Å². The molecule has 0 saturated heterocycles. The van der Waals surface area contributed by atoms with Crippen LogP contribution in [0.1, 0.15) is 18.5 Å². The van der Waals surface area contributed by atoms with E-state index in [1.807, 2.05) is 48.7 Å². The van der Waals surface area contributed by atoms with Crippen LogP contribution in [-0.2, 0) is 0 Å². The average Bonchev–Trinajstić information content (AvgIpc) is 2.92. The van der Waals surface area contributed by atoms with E-state index in [0.717, 1.165) is 21.5 Å². The summed E-state index contributed by atoms with van der Waals surface area (Å²) >= 11 is 1.55. The van der Waals surface area contributed by atoms with Gasteiger partial charge in [-0.05, 0) is 12.3 Å². The normalized spacial score (nSPS) is 12.5. The number of fused-ring (bicyclic) bond motifs is 1. The Bertz CT molecular complexity index is 694. The van der Waals surface area contributed by atoms with Crippen LogP contribution in [0.2, 0.25) is 0 Å². The van der Waals surface area contributed by atoms with Crippen LogP contribution in [-0.4, -0.2) is 10.1 Å². The maximum Gasteiger partial charge on any atom is 0.183 e. The smallest absolute Gasteiger partial charge is 0.183 e. The van der Waals surface area contributed by atoms with Crippen molar-refractivity contribution in [3.8, 4) is 5.75 Å². The number of phenolic OH excluding ortho intramolecular Hbond substituents is 1. The minimum absolute atomic E-state index is 0.00996. The maximum atomic E-state index is 10.4. The summed E-state index contributed by atoms with van der Waals surface area (Å²) in [5, 5.41) is 18.4. The first-order valence-electron chi connectivity index (χ1n) is 6.12. The van der Waals surface area contributed by atoms with Crippen molar-refractivity contribution in [1.82, 2.24) is 4.98 Å². The molecule has 0 aliphatic carbocycles. The van der Waals surface area contributed by atoms with Gasteiger partial charge in [0.25, 0.3) is 0 Å². The molecule has 0 amide bonds. The molecular weight excluding hydrogens is 256 g/mol. The lowest BCUT2D eigenvalue weighted by molar-refractivity contribution is 0.472. The van der Waals surface area contributed by atoms with Gasteiger partial charge in [0.15, 0.2) is 5.13 Å². The van der Waals surface area contributed by atoms with Gasteiger partial charge >= 0.3 is 0 Å². The van der Waals surface area contributed by atoms with Crippen molar-refractivity contribution in [1.29, 1.82) is 0 Å². The lowest BCUT2D eigenvalue weighted by atomic mass is 10.0. The quantitative estimate of drug-likeness (QED) is 0.750. The van der Waals surface area contributed by atoms with E-state index in [1.54, 1.807) is 17.5 Å². The molecule has 0 aliphatic heterocycles. The average molecular weight is 270 g/mol. The third-order valence-corrected chi connectivity index (χ3v) is 3.87. The molecular formula is C15H14N2OS. The molecule has 3 nitrogen and oxygen atoms in total. The van der Waals surface area contributed by atoms with E-state index in [-0.39, 0.29) is 6.04 Å². The maximum absolute atomic E-state index is 10.4. The molecule has 2 aromatic carbocycles. The van der Waals surface area contributed by atoms with Gasteiger partial charge in [0.1, 0.15) is 5.75 Å². The molecule has 2 N–H and O–H groups in total. The predicted octanol–water partition coefficient (Wildman–Crippen LogP) is 4.18. The van der Waals surface area contributed by atoms with Gasteiger partial charge < -0.3 is 10.4 Å². The first-order chi connectivity index (χ1) is 9.25. The van der Waals surface area contributed by atoms with E-state index in [1.165, 1.54) is 0 Å². The van der Waals surface area contributed by atoms with Gasteiger partial charge in [0, 0.05) is 22.5 Å². The summed E-state index contributed by atoms with van der Waals surface area (Å²) in [5.74, 6) is 0.342. The molecule has 1 unspecified atom stereocenters. The molecule has 4 heteroatoms. The highest BCUT2D eigenvalue weighted by Gasteiger charge is 2.13. The largest absolute Gasteiger partial charge is 0.507 e. The number of nitrogens with zero attached hydrogens (tertiary/aromatic N) is 1. The van der Waals surface area contributed by atoms with Gasteiger partial charge in [-0.1, -0.05) is 36.4 Å². The van der Waals surface area contributed by atoms with Crippen LogP contribution in [0.4, 0.5) is 5.13 Å². The number of benzene rings is 2. The lowest BCUT2D eigenvalue weighted by Gasteiger charge is -2.16. The number of thiazole rings is 1. The summed E-state index contributed by atoms with van der Waals surface area (Å²) in [6.07, 6.45) is 1.76. The predicted molar refractivity (Wildman–Crippen MR) is 79.8 cm³/mol. The van der Waals surface area contributed by atoms with E-state index in [9.17, 15) is 5.11 Å². The highest BCUT2D eigenvalue weighted by Crippen LogP contribution is 2.33. The standard InChI is InChI=1S/C15H14N2OS/c1-10(17-15-16-8-9-19-15)12-7-6-11-4-2-3-5-13(11)14(12)18/h2-10,18H,1H3,(H,16,17). The second kappa shape index (κ2) is 4.90. The number of rotatable bonds is 3. The summed E-state index contributed by atoms with van der Waals surface area (Å²) in [6, 6.07) is 11.8. The first-order valence-corrected chi connectivity index (χ1v) is 7.00. The zero-order chi connectivity index (χ0) is 13.2. The van der Waals surface area contributed by atoms with Gasteiger partial charge in [-0.15, -0.1) is 11.3 Å². The van der Waals surface area contributed by atoms with E-state index < -0.39 is 0 Å². The fourth-order valence-corrected chi connectivity index (χ4v) is 2.80. The molecule has 3 aromatic rings. The van der Waals surface area contributed by atoms with Crippen molar-refractivity contribution in [3.63, 3.8) is 0 Å². The van der Waals surface area contributed by atoms with E-state index in [4.69, 9.17) is 0 Å². The number of anilines is 1. The minimum atomic E-state index is 0.00996. The number of aromatic nitrogens is 1. The summed E-state index contributed by atoms with van der Waals surface area (Å²) in [5.41, 5.74) is 0.883. The van der Waals surface area contributed by atoms with E-state index in [2.05, 4.69) is 10.3 Å². The Morgan fingerprint density at radius 2 is 2.05 bits per heavy atom. The van der Waals surface area contributed by atoms with Gasteiger partial charge in [0.05, 0.1) is 6.04 Å². The van der Waals surface area contributed by atoms with Crippen LogP contribution in [0.15, 0.2) is 48.0 Å². The number of phenols is 1. The SMILES string of the molecule is CC(Nc1nccs1)c1ccc2ccccc2c1O. The molecule has 1 aromatic heterocycles. The molecule has 3 rings (SSSR count). The summed E-state index contributed by atoms with van der Waals surface area (Å²) in [6.45, 7) is 2.02. The Kier molecular flexibility index (Phi) is 3.09. The first kappa shape index (κ1) is 12.0. The van der Waals surface area contributed by atoms with Crippen LogP contribution in [0, 0.1) is 0 Å². The van der Waals surface area contributed by atoms with Gasteiger partial charge in [-0.25, -0.2) is 4.98 Å². The Balaban J connectivity index is 1.98. The highest BCUT2D eigenvalue weighted by molar-refractivity contribution is 7.13. The van der Waals surface area contributed by atoms with E-state index >= 15 is 0 Å².